The molecule has 2 N–H and O–H groups in total. The monoisotopic (exact) mass is 175 g/mol. The summed E-state index contributed by atoms with van der Waals surface area (Å²) in [6.45, 7) is 0. The van der Waals surface area contributed by atoms with Crippen LogP contribution in [0, 0.1) is 0 Å². The van der Waals surface area contributed by atoms with Gasteiger partial charge in [-0.3, -0.25) is 0 Å². The molecule has 0 heterocycles. The molecular weight excluding hydrogens is 154 g/mol. The first-order valence-electron chi connectivity index (χ1n) is 4.51. The number of quaternary nitrogens is 1. The summed E-state index contributed by atoms with van der Waals surface area (Å²) in [5, 5.41) is 9.69. The van der Waals surface area contributed by atoms with Crippen molar-refractivity contribution in [2.45, 2.75) is 37.8 Å². The van der Waals surface area contributed by atoms with E-state index < -0.39 is 0 Å². The van der Waals surface area contributed by atoms with Gasteiger partial charge in [0.15, 0.2) is 0 Å². The smallest absolute Gasteiger partial charge is 0.115 e. The van der Waals surface area contributed by atoms with Gasteiger partial charge in [-0.1, -0.05) is 6.42 Å². The van der Waals surface area contributed by atoms with Crippen LogP contribution >= 0.6 is 0 Å². The number of nitrogens with zero attached hydrogens (tertiary/aromatic N) is 1. The van der Waals surface area contributed by atoms with Crippen molar-refractivity contribution in [1.82, 2.24) is 0 Å². The average molecular weight is 175 g/mol. The largest absolute Gasteiger partial charge is 0.870 e. The van der Waals surface area contributed by atoms with Gasteiger partial charge < -0.3 is 15.1 Å². The van der Waals surface area contributed by atoms with Crippen LogP contribution in [0.5, 0.6) is 0 Å². The van der Waals surface area contributed by atoms with Gasteiger partial charge in [-0.05, 0) is 12.8 Å². The van der Waals surface area contributed by atoms with E-state index in [0.717, 1.165) is 10.9 Å². The standard InChI is InChI=1S/C9H20NO.H2O/c1-10(2,3)8-6-4-5-7-9(8)11;/h8-9,11H,4-7H2,1-3H3;1H2/q+1;/p-1. The van der Waals surface area contributed by atoms with Gasteiger partial charge in [0.2, 0.25) is 0 Å². The number of hydrogen-bond donors (Lipinski definition) is 1. The highest BCUT2D eigenvalue weighted by atomic mass is 16.3. The van der Waals surface area contributed by atoms with Crippen molar-refractivity contribution in [2.75, 3.05) is 21.1 Å². The second-order valence-electron chi connectivity index (χ2n) is 4.54. The van der Waals surface area contributed by atoms with Crippen molar-refractivity contribution in [3.05, 3.63) is 0 Å². The lowest BCUT2D eigenvalue weighted by Gasteiger charge is -2.39. The van der Waals surface area contributed by atoms with Crippen molar-refractivity contribution in [3.8, 4) is 0 Å². The molecule has 2 atom stereocenters. The fourth-order valence-electron chi connectivity index (χ4n) is 2.00. The predicted octanol–water partition coefficient (Wildman–Crippen LogP) is 0.819. The van der Waals surface area contributed by atoms with E-state index in [4.69, 9.17) is 0 Å². The van der Waals surface area contributed by atoms with Gasteiger partial charge >= 0.3 is 0 Å². The second-order valence-corrected chi connectivity index (χ2v) is 4.54. The molecule has 3 heteroatoms. The highest BCUT2D eigenvalue weighted by Gasteiger charge is 2.33. The Balaban J connectivity index is 0.00000121. The topological polar surface area (TPSA) is 50.2 Å². The Kier molecular flexibility index (Phi) is 4.17. The van der Waals surface area contributed by atoms with E-state index in [0.29, 0.717) is 6.04 Å². The molecule has 0 spiro atoms. The Morgan fingerprint density at radius 1 is 1.08 bits per heavy atom. The third kappa shape index (κ3) is 2.73. The molecule has 0 saturated heterocycles. The molecule has 1 aliphatic carbocycles. The fraction of sp³-hybridized carbons (Fsp3) is 1.00. The number of hydrogen-bond acceptors (Lipinski definition) is 2. The van der Waals surface area contributed by atoms with E-state index in [2.05, 4.69) is 21.1 Å². The van der Waals surface area contributed by atoms with Gasteiger partial charge in [0.25, 0.3) is 0 Å². The maximum atomic E-state index is 9.69. The number of aliphatic hydroxyl groups excluding tert-OH is 1. The number of rotatable bonds is 1. The third-order valence-corrected chi connectivity index (χ3v) is 2.69. The molecule has 0 amide bonds. The summed E-state index contributed by atoms with van der Waals surface area (Å²) in [5.41, 5.74) is 0. The second kappa shape index (κ2) is 4.21. The minimum Gasteiger partial charge on any atom is -0.870 e. The van der Waals surface area contributed by atoms with Crippen LogP contribution in [0.3, 0.4) is 0 Å². The maximum absolute atomic E-state index is 9.69. The summed E-state index contributed by atoms with van der Waals surface area (Å²) in [5.74, 6) is 0. The Labute approximate surface area is 74.9 Å². The number of likely N-dealkylation sites (N-methyl/N-ethyl adjacent to an activating group) is 1. The fourth-order valence-corrected chi connectivity index (χ4v) is 2.00. The molecule has 3 nitrogen and oxygen atoms in total. The van der Waals surface area contributed by atoms with Gasteiger partial charge in [0, 0.05) is 6.42 Å². The van der Waals surface area contributed by atoms with Crippen LogP contribution < -0.4 is 0 Å². The van der Waals surface area contributed by atoms with Crippen LogP contribution in [0.25, 0.3) is 0 Å². The van der Waals surface area contributed by atoms with Crippen LogP contribution in [-0.4, -0.2) is 48.4 Å². The first-order chi connectivity index (χ1) is 5.02. The van der Waals surface area contributed by atoms with E-state index in [1.807, 2.05) is 0 Å². The summed E-state index contributed by atoms with van der Waals surface area (Å²) in [6.07, 6.45) is 4.61. The Hall–Kier alpha value is -0.120. The molecule has 1 rings (SSSR count). The van der Waals surface area contributed by atoms with Crippen LogP contribution in [0.15, 0.2) is 0 Å². The zero-order valence-electron chi connectivity index (χ0n) is 8.32. The first-order valence-corrected chi connectivity index (χ1v) is 4.51. The van der Waals surface area contributed by atoms with Crippen LogP contribution in [-0.2, 0) is 0 Å². The molecule has 12 heavy (non-hydrogen) atoms. The normalized spacial score (nSPS) is 31.0. The molecule has 0 aromatic heterocycles. The van der Waals surface area contributed by atoms with Crippen LogP contribution in [0.1, 0.15) is 25.7 Å². The van der Waals surface area contributed by atoms with E-state index in [1.54, 1.807) is 0 Å². The highest BCUT2D eigenvalue weighted by molar-refractivity contribution is 4.74. The Bertz CT molecular complexity index is 131. The van der Waals surface area contributed by atoms with Gasteiger partial charge in [-0.25, -0.2) is 0 Å². The van der Waals surface area contributed by atoms with Crippen molar-refractivity contribution < 1.29 is 15.1 Å². The van der Waals surface area contributed by atoms with Crippen LogP contribution in [0.2, 0.25) is 0 Å². The minimum absolute atomic E-state index is 0. The SMILES string of the molecule is C[N+](C)(C)C1CCCCC1O.[OH-]. The molecule has 0 radical (unpaired) electrons. The molecule has 1 fully saturated rings. The molecule has 0 aromatic rings. The zero-order valence-corrected chi connectivity index (χ0v) is 8.32. The molecule has 1 aliphatic rings. The van der Waals surface area contributed by atoms with E-state index in [1.165, 1.54) is 19.3 Å². The average Bonchev–Trinajstić information content (AvgIpc) is 1.86. The molecule has 1 saturated carbocycles. The molecule has 0 bridgehead atoms. The summed E-state index contributed by atoms with van der Waals surface area (Å²) in [7, 11) is 6.50. The van der Waals surface area contributed by atoms with Crippen molar-refractivity contribution >= 4 is 0 Å². The van der Waals surface area contributed by atoms with E-state index >= 15 is 0 Å². The lowest BCUT2D eigenvalue weighted by atomic mass is 9.91. The van der Waals surface area contributed by atoms with Gasteiger partial charge in [0.05, 0.1) is 21.1 Å². The Morgan fingerprint density at radius 3 is 1.92 bits per heavy atom. The lowest BCUT2D eigenvalue weighted by Crippen LogP contribution is -2.52. The zero-order chi connectivity index (χ0) is 8.48. The molecule has 0 aliphatic heterocycles. The van der Waals surface area contributed by atoms with Crippen LogP contribution in [0.4, 0.5) is 0 Å². The molecular formula is C9H21NO2. The van der Waals surface area contributed by atoms with Crippen molar-refractivity contribution in [3.63, 3.8) is 0 Å². The minimum atomic E-state index is -0.0660. The molecule has 0 aromatic carbocycles. The number of aliphatic hydroxyl groups is 1. The van der Waals surface area contributed by atoms with Crippen molar-refractivity contribution in [1.29, 1.82) is 0 Å². The summed E-state index contributed by atoms with van der Waals surface area (Å²) in [4.78, 5) is 0. The lowest BCUT2D eigenvalue weighted by molar-refractivity contribution is -0.901. The quantitative estimate of drug-likeness (QED) is 0.600. The summed E-state index contributed by atoms with van der Waals surface area (Å²) < 4.78 is 0.904. The maximum Gasteiger partial charge on any atom is 0.115 e. The van der Waals surface area contributed by atoms with E-state index in [9.17, 15) is 5.11 Å². The van der Waals surface area contributed by atoms with Crippen molar-refractivity contribution in [2.24, 2.45) is 0 Å². The predicted molar refractivity (Wildman–Crippen MR) is 48.2 cm³/mol. The summed E-state index contributed by atoms with van der Waals surface area (Å²) >= 11 is 0. The third-order valence-electron chi connectivity index (χ3n) is 2.69. The van der Waals surface area contributed by atoms with Gasteiger partial charge in [0.1, 0.15) is 12.1 Å². The molecule has 74 valence electrons. The molecule has 2 unspecified atom stereocenters. The highest BCUT2D eigenvalue weighted by Crippen LogP contribution is 2.24. The van der Waals surface area contributed by atoms with E-state index in [-0.39, 0.29) is 11.6 Å². The van der Waals surface area contributed by atoms with Gasteiger partial charge in [-0.2, -0.15) is 0 Å². The Morgan fingerprint density at radius 2 is 1.58 bits per heavy atom. The first kappa shape index (κ1) is 11.9. The van der Waals surface area contributed by atoms with Gasteiger partial charge in [-0.15, -0.1) is 0 Å². The summed E-state index contributed by atoms with van der Waals surface area (Å²) in [6, 6.07) is 0.462.